The summed E-state index contributed by atoms with van der Waals surface area (Å²) in [6.45, 7) is 5.92. The number of fused-ring (bicyclic) bond motifs is 1. The fourth-order valence-corrected chi connectivity index (χ4v) is 4.67. The molecule has 38 heavy (non-hydrogen) atoms. The van der Waals surface area contributed by atoms with E-state index < -0.39 is 11.5 Å². The van der Waals surface area contributed by atoms with Gasteiger partial charge in [0, 0.05) is 11.1 Å². The zero-order valence-corrected chi connectivity index (χ0v) is 22.6. The first-order chi connectivity index (χ1) is 18.1. The molecular formula is C30H31NO7. The highest BCUT2D eigenvalue weighted by molar-refractivity contribution is 6.10. The van der Waals surface area contributed by atoms with Crippen LogP contribution in [0.4, 0.5) is 5.69 Å². The van der Waals surface area contributed by atoms with Crippen molar-refractivity contribution in [2.45, 2.75) is 26.3 Å². The molecule has 0 saturated carbocycles. The topological polar surface area (TPSA) is 83.5 Å². The number of amides is 1. The van der Waals surface area contributed by atoms with Gasteiger partial charge in [-0.05, 0) is 80.9 Å². The summed E-state index contributed by atoms with van der Waals surface area (Å²) in [5.41, 5.74) is 2.62. The second-order valence-electron chi connectivity index (χ2n) is 9.33. The van der Waals surface area contributed by atoms with Gasteiger partial charge in [0.1, 0.15) is 5.75 Å². The van der Waals surface area contributed by atoms with E-state index in [1.807, 2.05) is 26.8 Å². The lowest BCUT2D eigenvalue weighted by Gasteiger charge is -2.41. The molecule has 0 N–H and O–H groups in total. The maximum atomic E-state index is 13.8. The van der Waals surface area contributed by atoms with E-state index in [0.717, 1.165) is 11.1 Å². The average Bonchev–Trinajstić information content (AvgIpc) is 2.91. The number of nitrogens with zero attached hydrogens (tertiary/aromatic N) is 1. The number of carbonyl (C=O) groups is 2. The third-order valence-electron chi connectivity index (χ3n) is 6.44. The van der Waals surface area contributed by atoms with Crippen LogP contribution >= 0.6 is 0 Å². The third kappa shape index (κ3) is 4.89. The predicted octanol–water partition coefficient (Wildman–Crippen LogP) is 5.78. The van der Waals surface area contributed by atoms with E-state index in [9.17, 15) is 9.59 Å². The van der Waals surface area contributed by atoms with Gasteiger partial charge in [0.05, 0.1) is 45.2 Å². The number of anilines is 1. The lowest BCUT2D eigenvalue weighted by molar-refractivity contribution is 0.0733. The molecule has 4 rings (SSSR count). The van der Waals surface area contributed by atoms with E-state index in [2.05, 4.69) is 0 Å². The number of hydrogen-bond donors (Lipinski definition) is 0. The molecule has 3 aromatic rings. The summed E-state index contributed by atoms with van der Waals surface area (Å²) in [4.78, 5) is 28.4. The van der Waals surface area contributed by atoms with E-state index in [1.165, 1.54) is 21.3 Å². The van der Waals surface area contributed by atoms with Gasteiger partial charge >= 0.3 is 5.97 Å². The average molecular weight is 518 g/mol. The Labute approximate surface area is 222 Å². The van der Waals surface area contributed by atoms with Crippen LogP contribution in [0.3, 0.4) is 0 Å². The first-order valence-electron chi connectivity index (χ1n) is 12.0. The summed E-state index contributed by atoms with van der Waals surface area (Å²) in [6.07, 6.45) is 2.02. The molecule has 198 valence electrons. The molecule has 0 spiro atoms. The molecule has 0 atom stereocenters. The van der Waals surface area contributed by atoms with Gasteiger partial charge in [-0.2, -0.15) is 0 Å². The van der Waals surface area contributed by atoms with E-state index in [0.29, 0.717) is 45.6 Å². The van der Waals surface area contributed by atoms with Gasteiger partial charge in [-0.3, -0.25) is 9.69 Å². The van der Waals surface area contributed by atoms with Crippen LogP contribution in [0.25, 0.3) is 5.57 Å². The number of rotatable bonds is 7. The largest absolute Gasteiger partial charge is 0.493 e. The second kappa shape index (κ2) is 10.5. The summed E-state index contributed by atoms with van der Waals surface area (Å²) in [5.74, 6) is 1.57. The van der Waals surface area contributed by atoms with E-state index in [4.69, 9.17) is 23.7 Å². The molecule has 0 bridgehead atoms. The maximum Gasteiger partial charge on any atom is 0.343 e. The molecule has 8 nitrogen and oxygen atoms in total. The van der Waals surface area contributed by atoms with Crippen molar-refractivity contribution in [2.75, 3.05) is 33.3 Å². The molecule has 1 amide bonds. The van der Waals surface area contributed by atoms with Crippen LogP contribution in [0.2, 0.25) is 0 Å². The van der Waals surface area contributed by atoms with Crippen molar-refractivity contribution in [1.29, 1.82) is 0 Å². The van der Waals surface area contributed by atoms with Crippen molar-refractivity contribution in [3.8, 4) is 28.7 Å². The minimum Gasteiger partial charge on any atom is -0.493 e. The van der Waals surface area contributed by atoms with Crippen LogP contribution in [-0.2, 0) is 0 Å². The van der Waals surface area contributed by atoms with E-state index >= 15 is 0 Å². The van der Waals surface area contributed by atoms with E-state index in [-0.39, 0.29) is 5.91 Å². The minimum atomic E-state index is -0.612. The Morgan fingerprint density at radius 2 is 1.26 bits per heavy atom. The highest BCUT2D eigenvalue weighted by atomic mass is 16.5. The minimum absolute atomic E-state index is 0.198. The van der Waals surface area contributed by atoms with Gasteiger partial charge in [-0.1, -0.05) is 6.08 Å². The van der Waals surface area contributed by atoms with Crippen molar-refractivity contribution < 1.29 is 33.3 Å². The maximum absolute atomic E-state index is 13.8. The zero-order chi connectivity index (χ0) is 27.6. The van der Waals surface area contributed by atoms with Gasteiger partial charge in [0.25, 0.3) is 5.91 Å². The summed E-state index contributed by atoms with van der Waals surface area (Å²) in [7, 11) is 6.11. The zero-order valence-electron chi connectivity index (χ0n) is 22.6. The van der Waals surface area contributed by atoms with Crippen molar-refractivity contribution in [2.24, 2.45) is 0 Å². The molecule has 1 aliphatic heterocycles. The normalized spacial score (nSPS) is 13.7. The Bertz CT molecular complexity index is 1420. The molecule has 0 unspecified atom stereocenters. The highest BCUT2D eigenvalue weighted by Crippen LogP contribution is 2.42. The Hall–Kier alpha value is -4.46. The SMILES string of the molecule is COc1ccc(C(=O)Oc2ccc3c(c2)C(C)=CC(C)(C)N3C(=O)c2ccc(OC)c(OC)c2)cc1OC. The standard InChI is InChI=1S/C30H31NO7/c1-18-17-30(2,3)31(28(32)19-8-12-24(34-4)26(14-19)36-6)23-11-10-21(16-22(18)23)38-29(33)20-9-13-25(35-5)27(15-20)37-7/h8-17H,1-7H3. The molecule has 0 saturated heterocycles. The fourth-order valence-electron chi connectivity index (χ4n) is 4.67. The van der Waals surface area contributed by atoms with Gasteiger partial charge in [0.2, 0.25) is 0 Å². The first kappa shape index (κ1) is 26.6. The lowest BCUT2D eigenvalue weighted by Crippen LogP contribution is -2.49. The smallest absolute Gasteiger partial charge is 0.343 e. The number of benzene rings is 3. The van der Waals surface area contributed by atoms with Crippen molar-refractivity contribution in [3.63, 3.8) is 0 Å². The quantitative estimate of drug-likeness (QED) is 0.290. The Morgan fingerprint density at radius 1 is 0.711 bits per heavy atom. The van der Waals surface area contributed by atoms with Crippen LogP contribution in [0, 0.1) is 0 Å². The molecule has 0 fully saturated rings. The summed E-state index contributed by atoms with van der Waals surface area (Å²) in [5, 5.41) is 0. The molecule has 0 aromatic heterocycles. The second-order valence-corrected chi connectivity index (χ2v) is 9.33. The fraction of sp³-hybridized carbons (Fsp3) is 0.267. The Morgan fingerprint density at radius 3 is 1.84 bits per heavy atom. The molecule has 0 radical (unpaired) electrons. The van der Waals surface area contributed by atoms with Crippen LogP contribution in [-0.4, -0.2) is 45.9 Å². The van der Waals surface area contributed by atoms with Crippen LogP contribution in [0.15, 0.2) is 60.7 Å². The summed E-state index contributed by atoms with van der Waals surface area (Å²) < 4.78 is 26.9. The number of hydrogen-bond acceptors (Lipinski definition) is 7. The Kier molecular flexibility index (Phi) is 7.35. The monoisotopic (exact) mass is 517 g/mol. The third-order valence-corrected chi connectivity index (χ3v) is 6.44. The number of methoxy groups -OCH3 is 4. The van der Waals surface area contributed by atoms with Crippen LogP contribution in [0.1, 0.15) is 47.1 Å². The van der Waals surface area contributed by atoms with Gasteiger partial charge in [-0.15, -0.1) is 0 Å². The highest BCUT2D eigenvalue weighted by Gasteiger charge is 2.37. The lowest BCUT2D eigenvalue weighted by atomic mass is 9.88. The molecule has 3 aromatic carbocycles. The van der Waals surface area contributed by atoms with Crippen molar-refractivity contribution in [3.05, 3.63) is 77.4 Å². The van der Waals surface area contributed by atoms with Crippen LogP contribution in [0.5, 0.6) is 28.7 Å². The number of ether oxygens (including phenoxy) is 5. The van der Waals surface area contributed by atoms with E-state index in [1.54, 1.807) is 66.6 Å². The predicted molar refractivity (Wildman–Crippen MR) is 145 cm³/mol. The molecule has 1 heterocycles. The van der Waals surface area contributed by atoms with Crippen LogP contribution < -0.4 is 28.6 Å². The number of allylic oxidation sites excluding steroid dienone is 1. The van der Waals surface area contributed by atoms with Gasteiger partial charge in [-0.25, -0.2) is 4.79 Å². The molecule has 8 heteroatoms. The molecule has 0 aliphatic carbocycles. The first-order valence-corrected chi connectivity index (χ1v) is 12.0. The molecular weight excluding hydrogens is 486 g/mol. The van der Waals surface area contributed by atoms with Crippen molar-refractivity contribution in [1.82, 2.24) is 0 Å². The van der Waals surface area contributed by atoms with Crippen molar-refractivity contribution >= 4 is 23.1 Å². The number of esters is 1. The number of carbonyl (C=O) groups excluding carboxylic acids is 2. The molecule has 1 aliphatic rings. The van der Waals surface area contributed by atoms with Gasteiger partial charge in [0.15, 0.2) is 23.0 Å². The summed E-state index contributed by atoms with van der Waals surface area (Å²) in [6, 6.07) is 15.2. The van der Waals surface area contributed by atoms with Gasteiger partial charge < -0.3 is 23.7 Å². The summed E-state index contributed by atoms with van der Waals surface area (Å²) >= 11 is 0. The Balaban J connectivity index is 1.67.